The first kappa shape index (κ1) is 11.8. The molecule has 1 atom stereocenters. The second-order valence-corrected chi connectivity index (χ2v) is 7.76. The van der Waals surface area contributed by atoms with Gasteiger partial charge < -0.3 is 5.11 Å². The molecule has 1 fully saturated rings. The third-order valence-corrected chi connectivity index (χ3v) is 6.58. The van der Waals surface area contributed by atoms with Crippen LogP contribution in [0.5, 0.6) is 0 Å². The van der Waals surface area contributed by atoms with Crippen LogP contribution in [0.1, 0.15) is 32.1 Å². The van der Waals surface area contributed by atoms with Crippen LogP contribution >= 0.6 is 10.8 Å². The molecule has 0 aromatic heterocycles. The normalized spacial score (nSPS) is 25.0. The summed E-state index contributed by atoms with van der Waals surface area (Å²) in [7, 11) is -1.89. The van der Waals surface area contributed by atoms with Crippen molar-refractivity contribution in [3.05, 3.63) is 0 Å². The number of aliphatic carboxylic acids is 1. The van der Waals surface area contributed by atoms with Crippen molar-refractivity contribution < 1.29 is 18.3 Å². The van der Waals surface area contributed by atoms with Gasteiger partial charge >= 0.3 is 5.97 Å². The first-order valence-electron chi connectivity index (χ1n) is 4.62. The molecule has 0 bridgehead atoms. The smallest absolute Gasteiger partial charge is 0.303 e. The molecule has 0 aromatic carbocycles. The Morgan fingerprint density at radius 1 is 1.43 bits per heavy atom. The molecule has 1 N–H and O–H groups in total. The highest BCUT2D eigenvalue weighted by molar-refractivity contribution is 8.72. The summed E-state index contributed by atoms with van der Waals surface area (Å²) in [5, 5.41) is 8.15. The van der Waals surface area contributed by atoms with E-state index in [1.807, 2.05) is 0 Å². The van der Waals surface area contributed by atoms with Crippen LogP contribution in [0.25, 0.3) is 0 Å². The number of rotatable bonds is 5. The van der Waals surface area contributed by atoms with Crippen molar-refractivity contribution in [2.75, 3.05) is 5.75 Å². The number of hydrogen-bond acceptors (Lipinski definition) is 4. The van der Waals surface area contributed by atoms with Gasteiger partial charge in [0.2, 0.25) is 8.87 Å². The fraction of sp³-hybridized carbons (Fsp3) is 0.875. The maximum atomic E-state index is 11.3. The van der Waals surface area contributed by atoms with Gasteiger partial charge in [0, 0.05) is 12.2 Å². The lowest BCUT2D eigenvalue weighted by atomic mass is 10.1. The lowest BCUT2D eigenvalue weighted by Crippen LogP contribution is -2.12. The van der Waals surface area contributed by atoms with Crippen molar-refractivity contribution in [3.63, 3.8) is 0 Å². The van der Waals surface area contributed by atoms with E-state index in [2.05, 4.69) is 0 Å². The van der Waals surface area contributed by atoms with Gasteiger partial charge in [-0.3, -0.25) is 4.79 Å². The van der Waals surface area contributed by atoms with E-state index in [0.717, 1.165) is 17.2 Å². The van der Waals surface area contributed by atoms with E-state index < -0.39 is 14.8 Å². The predicted octanol–water partition coefficient (Wildman–Crippen LogP) is 1.47. The van der Waals surface area contributed by atoms with Crippen LogP contribution in [0, 0.1) is 0 Å². The Balaban J connectivity index is 2.22. The topological polar surface area (TPSA) is 71.4 Å². The number of unbranched alkanes of at least 4 members (excludes halogenated alkanes) is 1. The van der Waals surface area contributed by atoms with Crippen LogP contribution in [0.3, 0.4) is 0 Å². The SMILES string of the molecule is O=C(O)CCCCC1CCSS1(=O)=O. The van der Waals surface area contributed by atoms with Gasteiger partial charge in [0.1, 0.15) is 0 Å². The number of hydrogen-bond donors (Lipinski definition) is 1. The summed E-state index contributed by atoms with van der Waals surface area (Å²) in [5.41, 5.74) is 0. The zero-order valence-corrected chi connectivity index (χ0v) is 9.44. The molecule has 4 nitrogen and oxygen atoms in total. The molecular formula is C8H14O4S2. The Morgan fingerprint density at radius 3 is 2.64 bits per heavy atom. The molecule has 0 aromatic rings. The standard InChI is InChI=1S/C8H14O4S2/c9-8(10)4-2-1-3-7-5-6-13-14(7,11)12/h7H,1-6H2,(H,9,10). The lowest BCUT2D eigenvalue weighted by molar-refractivity contribution is -0.137. The van der Waals surface area contributed by atoms with E-state index in [1.165, 1.54) is 0 Å². The van der Waals surface area contributed by atoms with Gasteiger partial charge in [-0.25, -0.2) is 8.42 Å². The zero-order valence-electron chi connectivity index (χ0n) is 7.81. The Kier molecular flexibility index (Phi) is 4.25. The molecule has 0 aliphatic carbocycles. The summed E-state index contributed by atoms with van der Waals surface area (Å²) < 4.78 is 22.7. The monoisotopic (exact) mass is 238 g/mol. The number of carboxylic acid groups (broad SMARTS) is 1. The van der Waals surface area contributed by atoms with Gasteiger partial charge in [0.25, 0.3) is 0 Å². The van der Waals surface area contributed by atoms with E-state index in [4.69, 9.17) is 5.11 Å². The second-order valence-electron chi connectivity index (χ2n) is 3.36. The van der Waals surface area contributed by atoms with Crippen LogP contribution in [0.15, 0.2) is 0 Å². The third kappa shape index (κ3) is 3.49. The first-order chi connectivity index (χ1) is 6.52. The van der Waals surface area contributed by atoms with E-state index in [9.17, 15) is 13.2 Å². The summed E-state index contributed by atoms with van der Waals surface area (Å²) in [6.07, 6.45) is 2.74. The van der Waals surface area contributed by atoms with E-state index in [1.54, 1.807) is 0 Å². The van der Waals surface area contributed by atoms with Gasteiger partial charge in [-0.1, -0.05) is 6.42 Å². The summed E-state index contributed by atoms with van der Waals surface area (Å²) in [6.45, 7) is 0. The number of carboxylic acids is 1. The van der Waals surface area contributed by atoms with Crippen LogP contribution < -0.4 is 0 Å². The van der Waals surface area contributed by atoms with Gasteiger partial charge in [-0.2, -0.15) is 0 Å². The first-order valence-corrected chi connectivity index (χ1v) is 7.67. The predicted molar refractivity (Wildman–Crippen MR) is 55.9 cm³/mol. The van der Waals surface area contributed by atoms with E-state index >= 15 is 0 Å². The molecule has 6 heteroatoms. The van der Waals surface area contributed by atoms with E-state index in [0.29, 0.717) is 25.0 Å². The van der Waals surface area contributed by atoms with Gasteiger partial charge in [0.05, 0.1) is 5.25 Å². The third-order valence-electron chi connectivity index (χ3n) is 2.26. The van der Waals surface area contributed by atoms with Crippen molar-refractivity contribution >= 4 is 25.6 Å². The Hall–Kier alpha value is -0.230. The maximum absolute atomic E-state index is 11.3. The van der Waals surface area contributed by atoms with Gasteiger partial charge in [-0.05, 0) is 30.1 Å². The second kappa shape index (κ2) is 5.02. The summed E-state index contributed by atoms with van der Waals surface area (Å²) in [4.78, 5) is 10.2. The minimum absolute atomic E-state index is 0.139. The molecule has 0 radical (unpaired) electrons. The molecule has 1 saturated heterocycles. The summed E-state index contributed by atoms with van der Waals surface area (Å²) in [6, 6.07) is 0. The molecule has 0 spiro atoms. The van der Waals surface area contributed by atoms with Crippen LogP contribution in [0.2, 0.25) is 0 Å². The number of carbonyl (C=O) groups is 1. The molecule has 1 rings (SSSR count). The zero-order chi connectivity index (χ0) is 10.6. The van der Waals surface area contributed by atoms with Gasteiger partial charge in [-0.15, -0.1) is 0 Å². The molecule has 14 heavy (non-hydrogen) atoms. The Labute approximate surface area is 87.4 Å². The highest BCUT2D eigenvalue weighted by Crippen LogP contribution is 2.33. The fourth-order valence-corrected chi connectivity index (χ4v) is 5.43. The van der Waals surface area contributed by atoms with Crippen molar-refractivity contribution in [1.82, 2.24) is 0 Å². The quantitative estimate of drug-likeness (QED) is 0.580. The highest BCUT2D eigenvalue weighted by Gasteiger charge is 2.31. The molecular weight excluding hydrogens is 224 g/mol. The molecule has 1 unspecified atom stereocenters. The molecule has 0 amide bonds. The maximum Gasteiger partial charge on any atom is 0.303 e. The lowest BCUT2D eigenvalue weighted by Gasteiger charge is -2.06. The molecule has 1 heterocycles. The summed E-state index contributed by atoms with van der Waals surface area (Å²) in [5.74, 6) is -0.125. The Morgan fingerprint density at radius 2 is 2.14 bits per heavy atom. The molecule has 0 saturated carbocycles. The van der Waals surface area contributed by atoms with Crippen molar-refractivity contribution in [2.45, 2.75) is 37.4 Å². The van der Waals surface area contributed by atoms with Crippen LogP contribution in [0.4, 0.5) is 0 Å². The van der Waals surface area contributed by atoms with Crippen LogP contribution in [-0.2, 0) is 13.7 Å². The van der Waals surface area contributed by atoms with E-state index in [-0.39, 0.29) is 11.7 Å². The minimum Gasteiger partial charge on any atom is -0.481 e. The highest BCUT2D eigenvalue weighted by atomic mass is 33.1. The minimum atomic E-state index is -2.92. The van der Waals surface area contributed by atoms with Crippen molar-refractivity contribution in [2.24, 2.45) is 0 Å². The molecule has 1 aliphatic heterocycles. The van der Waals surface area contributed by atoms with Crippen molar-refractivity contribution in [1.29, 1.82) is 0 Å². The summed E-state index contributed by atoms with van der Waals surface area (Å²) >= 11 is 0. The van der Waals surface area contributed by atoms with Gasteiger partial charge in [0.15, 0.2) is 0 Å². The Bertz CT molecular complexity index is 296. The average Bonchev–Trinajstić information content (AvgIpc) is 2.39. The average molecular weight is 238 g/mol. The van der Waals surface area contributed by atoms with Crippen LogP contribution in [-0.4, -0.2) is 30.5 Å². The molecule has 1 aliphatic rings. The molecule has 82 valence electrons. The largest absolute Gasteiger partial charge is 0.481 e. The fourth-order valence-electron chi connectivity index (χ4n) is 1.47. The van der Waals surface area contributed by atoms with Crippen molar-refractivity contribution in [3.8, 4) is 0 Å².